The maximum absolute atomic E-state index is 12.6. The van der Waals surface area contributed by atoms with E-state index in [1.165, 1.54) is 6.33 Å². The van der Waals surface area contributed by atoms with Crippen LogP contribution in [0.1, 0.15) is 34.7 Å². The summed E-state index contributed by atoms with van der Waals surface area (Å²) in [6.07, 6.45) is 5.34. The molecule has 1 saturated carbocycles. The summed E-state index contributed by atoms with van der Waals surface area (Å²) in [5.41, 5.74) is 6.16. The molecule has 3 heterocycles. The van der Waals surface area contributed by atoms with E-state index < -0.39 is 0 Å². The predicted octanol–water partition coefficient (Wildman–Crippen LogP) is 4.04. The van der Waals surface area contributed by atoms with Crippen LogP contribution in [0, 0.1) is 13.8 Å². The van der Waals surface area contributed by atoms with Crippen LogP contribution in [0.15, 0.2) is 59.5 Å². The number of nitrogens with one attached hydrogen (secondary N) is 1. The number of rotatable bonds is 5. The molecule has 5 aromatic rings. The van der Waals surface area contributed by atoms with Gasteiger partial charge in [-0.1, -0.05) is 18.2 Å². The lowest BCUT2D eigenvalue weighted by atomic mass is 10.1. The van der Waals surface area contributed by atoms with Gasteiger partial charge in [-0.3, -0.25) is 9.36 Å². The molecule has 168 valence electrons. The van der Waals surface area contributed by atoms with Gasteiger partial charge < -0.3 is 9.73 Å². The van der Waals surface area contributed by atoms with Crippen molar-refractivity contribution in [3.8, 4) is 28.4 Å². The maximum Gasteiger partial charge on any atom is 0.251 e. The monoisotopic (exact) mass is 451 g/mol. The van der Waals surface area contributed by atoms with Crippen molar-refractivity contribution in [1.82, 2.24) is 35.0 Å². The average Bonchev–Trinajstić information content (AvgIpc) is 3.38. The fraction of sp³-hybridized carbons (Fsp3) is 0.200. The highest BCUT2D eigenvalue weighted by molar-refractivity contribution is 5.95. The van der Waals surface area contributed by atoms with Gasteiger partial charge in [0.1, 0.15) is 23.9 Å². The van der Waals surface area contributed by atoms with E-state index in [-0.39, 0.29) is 5.91 Å². The third kappa shape index (κ3) is 3.61. The number of aromatic nitrogens is 6. The van der Waals surface area contributed by atoms with E-state index >= 15 is 0 Å². The quantitative estimate of drug-likeness (QED) is 0.429. The molecule has 0 saturated heterocycles. The minimum atomic E-state index is -0.0587. The number of aryl methyl sites for hydroxylation is 2. The van der Waals surface area contributed by atoms with Crippen LogP contribution in [-0.2, 0) is 0 Å². The van der Waals surface area contributed by atoms with E-state index in [4.69, 9.17) is 4.42 Å². The van der Waals surface area contributed by atoms with E-state index in [2.05, 4.69) is 30.5 Å². The van der Waals surface area contributed by atoms with Gasteiger partial charge in [0, 0.05) is 29.7 Å². The van der Waals surface area contributed by atoms with E-state index in [1.54, 1.807) is 13.3 Å². The van der Waals surface area contributed by atoms with E-state index in [0.29, 0.717) is 40.2 Å². The number of benzene rings is 2. The number of imidazole rings is 1. The molecule has 1 aliphatic rings. The molecule has 34 heavy (non-hydrogen) atoms. The molecule has 1 aliphatic carbocycles. The molecule has 0 spiro atoms. The fourth-order valence-electron chi connectivity index (χ4n) is 3.94. The van der Waals surface area contributed by atoms with E-state index in [1.807, 2.05) is 54.0 Å². The van der Waals surface area contributed by atoms with Crippen molar-refractivity contribution < 1.29 is 9.21 Å². The summed E-state index contributed by atoms with van der Waals surface area (Å²) in [6.45, 7) is 3.76. The predicted molar refractivity (Wildman–Crippen MR) is 125 cm³/mol. The summed E-state index contributed by atoms with van der Waals surface area (Å²) in [4.78, 5) is 26.3. The Hall–Kier alpha value is -4.40. The van der Waals surface area contributed by atoms with Crippen molar-refractivity contribution in [1.29, 1.82) is 0 Å². The smallest absolute Gasteiger partial charge is 0.251 e. The first kappa shape index (κ1) is 20.2. The zero-order valence-electron chi connectivity index (χ0n) is 18.7. The number of fused-ring (bicyclic) bond motifs is 1. The van der Waals surface area contributed by atoms with Crippen LogP contribution in [0.4, 0.5) is 0 Å². The summed E-state index contributed by atoms with van der Waals surface area (Å²) in [5.74, 6) is 0.899. The molecule has 2 aromatic carbocycles. The molecule has 3 aromatic heterocycles. The summed E-state index contributed by atoms with van der Waals surface area (Å²) in [6, 6.07) is 13.7. The lowest BCUT2D eigenvalue weighted by molar-refractivity contribution is 0.0951. The standard InChI is InChI=1S/C25H21N7O2/c1-14-6-7-17(24(33)29-19-8-9-19)11-20(14)32-13-28-22-21(26-12-27-23(22)32)16-4-3-5-18(10-16)25-31-30-15(2)34-25/h3-7,10-13,19H,8-9H2,1-2H3,(H,29,33). The van der Waals surface area contributed by atoms with Gasteiger partial charge in [-0.25, -0.2) is 15.0 Å². The normalized spacial score (nSPS) is 13.4. The molecule has 0 unspecified atom stereocenters. The Labute approximate surface area is 194 Å². The second-order valence-electron chi connectivity index (χ2n) is 8.47. The Morgan fingerprint density at radius 3 is 2.68 bits per heavy atom. The first-order valence-corrected chi connectivity index (χ1v) is 11.1. The largest absolute Gasteiger partial charge is 0.421 e. The van der Waals surface area contributed by atoms with Gasteiger partial charge in [0.25, 0.3) is 5.91 Å². The fourth-order valence-corrected chi connectivity index (χ4v) is 3.94. The lowest BCUT2D eigenvalue weighted by Crippen LogP contribution is -2.25. The highest BCUT2D eigenvalue weighted by Crippen LogP contribution is 2.30. The number of nitrogens with zero attached hydrogens (tertiary/aromatic N) is 6. The van der Waals surface area contributed by atoms with Crippen LogP contribution in [-0.4, -0.2) is 41.7 Å². The number of amides is 1. The SMILES string of the molecule is Cc1nnc(-c2cccc(-c3ncnc4c3ncn4-c3cc(C(=O)NC4CC4)ccc3C)c2)o1. The molecule has 0 atom stereocenters. The zero-order chi connectivity index (χ0) is 23.2. The van der Waals surface area contributed by atoms with Gasteiger partial charge in [-0.2, -0.15) is 0 Å². The third-order valence-corrected chi connectivity index (χ3v) is 5.89. The Morgan fingerprint density at radius 2 is 1.88 bits per heavy atom. The van der Waals surface area contributed by atoms with Gasteiger partial charge in [-0.15, -0.1) is 10.2 Å². The molecule has 1 amide bonds. The number of hydrogen-bond donors (Lipinski definition) is 1. The Bertz CT molecular complexity index is 1550. The van der Waals surface area contributed by atoms with Crippen molar-refractivity contribution in [2.24, 2.45) is 0 Å². The Balaban J connectivity index is 1.42. The molecular weight excluding hydrogens is 430 g/mol. The van der Waals surface area contributed by atoms with Crippen molar-refractivity contribution in [3.05, 3.63) is 72.1 Å². The van der Waals surface area contributed by atoms with Gasteiger partial charge in [0.2, 0.25) is 11.8 Å². The highest BCUT2D eigenvalue weighted by Gasteiger charge is 2.24. The summed E-state index contributed by atoms with van der Waals surface area (Å²) >= 11 is 0. The van der Waals surface area contributed by atoms with Crippen LogP contribution in [0.2, 0.25) is 0 Å². The Kier molecular flexibility index (Phi) is 4.68. The Morgan fingerprint density at radius 1 is 1.03 bits per heavy atom. The van der Waals surface area contributed by atoms with Crippen LogP contribution in [0.3, 0.4) is 0 Å². The maximum atomic E-state index is 12.6. The average molecular weight is 451 g/mol. The molecule has 1 fully saturated rings. The first-order chi connectivity index (χ1) is 16.6. The van der Waals surface area contributed by atoms with Crippen LogP contribution >= 0.6 is 0 Å². The van der Waals surface area contributed by atoms with Crippen LogP contribution in [0.25, 0.3) is 39.6 Å². The number of carbonyl (C=O) groups is 1. The van der Waals surface area contributed by atoms with E-state index in [0.717, 1.165) is 35.2 Å². The minimum absolute atomic E-state index is 0.0587. The van der Waals surface area contributed by atoms with Crippen LogP contribution < -0.4 is 5.32 Å². The van der Waals surface area contributed by atoms with Crippen molar-refractivity contribution in [2.45, 2.75) is 32.7 Å². The molecule has 1 N–H and O–H groups in total. The highest BCUT2D eigenvalue weighted by atomic mass is 16.4. The van der Waals surface area contributed by atoms with Gasteiger partial charge in [-0.05, 0) is 49.6 Å². The molecule has 0 aliphatic heterocycles. The van der Waals surface area contributed by atoms with Gasteiger partial charge >= 0.3 is 0 Å². The van der Waals surface area contributed by atoms with Crippen molar-refractivity contribution in [2.75, 3.05) is 0 Å². The van der Waals surface area contributed by atoms with Crippen molar-refractivity contribution in [3.63, 3.8) is 0 Å². The molecule has 6 rings (SSSR count). The van der Waals surface area contributed by atoms with Crippen molar-refractivity contribution >= 4 is 17.1 Å². The summed E-state index contributed by atoms with van der Waals surface area (Å²) in [7, 11) is 0. The second-order valence-corrected chi connectivity index (χ2v) is 8.47. The van der Waals surface area contributed by atoms with E-state index in [9.17, 15) is 4.79 Å². The third-order valence-electron chi connectivity index (χ3n) is 5.89. The summed E-state index contributed by atoms with van der Waals surface area (Å²) < 4.78 is 7.47. The molecular formula is C25H21N7O2. The van der Waals surface area contributed by atoms with Gasteiger partial charge in [0.15, 0.2) is 5.65 Å². The lowest BCUT2D eigenvalue weighted by Gasteiger charge is -2.11. The molecule has 0 radical (unpaired) electrons. The van der Waals surface area contributed by atoms with Gasteiger partial charge in [0.05, 0.1) is 5.69 Å². The topological polar surface area (TPSA) is 112 Å². The minimum Gasteiger partial charge on any atom is -0.421 e. The zero-order valence-corrected chi connectivity index (χ0v) is 18.7. The first-order valence-electron chi connectivity index (χ1n) is 11.1. The molecule has 0 bridgehead atoms. The molecule has 9 nitrogen and oxygen atoms in total. The second kappa shape index (κ2) is 7.87. The van der Waals surface area contributed by atoms with Crippen LogP contribution in [0.5, 0.6) is 0 Å². The number of carbonyl (C=O) groups excluding carboxylic acids is 1. The number of hydrogen-bond acceptors (Lipinski definition) is 7. The summed E-state index contributed by atoms with van der Waals surface area (Å²) in [5, 5.41) is 11.1. The molecule has 9 heteroatoms.